The molecular weight excluding hydrogens is 600 g/mol. The van der Waals surface area contributed by atoms with Crippen LogP contribution in [0.1, 0.15) is 49.8 Å². The molecule has 2 heterocycles. The van der Waals surface area contributed by atoms with Crippen molar-refractivity contribution in [1.29, 1.82) is 0 Å². The van der Waals surface area contributed by atoms with Crippen LogP contribution in [0.15, 0.2) is 47.5 Å². The van der Waals surface area contributed by atoms with E-state index >= 15 is 8.78 Å². The molecule has 3 aromatic carbocycles. The number of sulfonamides is 1. The van der Waals surface area contributed by atoms with E-state index in [1.54, 1.807) is 18.3 Å². The molecule has 43 heavy (non-hydrogen) atoms. The molecule has 1 fully saturated rings. The highest BCUT2D eigenvalue weighted by atomic mass is 35.5. The average Bonchev–Trinajstić information content (AvgIpc) is 3.35. The van der Waals surface area contributed by atoms with Crippen LogP contribution in [0.2, 0.25) is 5.02 Å². The standard InChI is InChI=1S/C30H30ClF2N5O4S/c1-2-15-9-16(10-17-13-35-30(37-28(15)17)36-20-5-3-19(34)4-6-20)26-22(32)7-8-23(27(26)33)38-43(40,41)25-12-18(31)11-21-24(39)14-42-29(21)25/h7-13,19-20,24,38-39H,2-6,14,34H2,1H3,(H,35,36,37). The fraction of sp³-hybridized carbons (Fsp3) is 0.333. The van der Waals surface area contributed by atoms with Gasteiger partial charge in [0.05, 0.1) is 16.8 Å². The van der Waals surface area contributed by atoms with Crippen molar-refractivity contribution in [2.24, 2.45) is 5.73 Å². The third-order valence-corrected chi connectivity index (χ3v) is 9.54. The maximum absolute atomic E-state index is 16.0. The van der Waals surface area contributed by atoms with Crippen molar-refractivity contribution in [1.82, 2.24) is 9.97 Å². The summed E-state index contributed by atoms with van der Waals surface area (Å²) < 4.78 is 65.4. The van der Waals surface area contributed by atoms with E-state index in [1.807, 2.05) is 6.92 Å². The van der Waals surface area contributed by atoms with E-state index in [2.05, 4.69) is 15.0 Å². The van der Waals surface area contributed by atoms with Crippen LogP contribution in [-0.2, 0) is 16.4 Å². The number of nitrogens with zero attached hydrogens (tertiary/aromatic N) is 2. The number of aryl methyl sites for hydroxylation is 1. The van der Waals surface area contributed by atoms with Gasteiger partial charge in [0.15, 0.2) is 5.82 Å². The zero-order chi connectivity index (χ0) is 30.5. The largest absolute Gasteiger partial charge is 0.489 e. The first-order chi connectivity index (χ1) is 20.5. The Morgan fingerprint density at radius 3 is 2.65 bits per heavy atom. The van der Waals surface area contributed by atoms with E-state index in [0.29, 0.717) is 23.3 Å². The topological polar surface area (TPSA) is 139 Å². The van der Waals surface area contributed by atoms with Gasteiger partial charge in [0.2, 0.25) is 5.95 Å². The zero-order valence-electron chi connectivity index (χ0n) is 23.2. The molecule has 0 amide bonds. The van der Waals surface area contributed by atoms with Gasteiger partial charge in [-0.3, -0.25) is 4.72 Å². The van der Waals surface area contributed by atoms with Crippen LogP contribution in [0.4, 0.5) is 20.4 Å². The Morgan fingerprint density at radius 2 is 1.91 bits per heavy atom. The van der Waals surface area contributed by atoms with Crippen LogP contribution in [0.3, 0.4) is 0 Å². The van der Waals surface area contributed by atoms with Gasteiger partial charge in [-0.2, -0.15) is 0 Å². The molecule has 2 aliphatic rings. The van der Waals surface area contributed by atoms with Gasteiger partial charge < -0.3 is 20.9 Å². The Labute approximate surface area is 252 Å². The molecule has 9 nitrogen and oxygen atoms in total. The Bertz CT molecular complexity index is 1830. The van der Waals surface area contributed by atoms with Crippen molar-refractivity contribution in [3.05, 3.63) is 70.4 Å². The Hall–Kier alpha value is -3.58. The summed E-state index contributed by atoms with van der Waals surface area (Å²) in [6.45, 7) is 1.77. The second-order valence-corrected chi connectivity index (χ2v) is 13.0. The molecule has 1 aliphatic heterocycles. The third-order valence-electron chi connectivity index (χ3n) is 7.95. The molecule has 1 aromatic heterocycles. The van der Waals surface area contributed by atoms with Crippen molar-refractivity contribution >= 4 is 44.2 Å². The van der Waals surface area contributed by atoms with Gasteiger partial charge >= 0.3 is 0 Å². The lowest BCUT2D eigenvalue weighted by molar-refractivity contribution is 0.140. The molecule has 13 heteroatoms. The molecule has 1 aliphatic carbocycles. The first-order valence-electron chi connectivity index (χ1n) is 14.0. The fourth-order valence-corrected chi connectivity index (χ4v) is 7.24. The van der Waals surface area contributed by atoms with E-state index in [-0.39, 0.29) is 45.5 Å². The number of hydrogen-bond donors (Lipinski definition) is 4. The van der Waals surface area contributed by atoms with E-state index < -0.39 is 39.0 Å². The lowest BCUT2D eigenvalue weighted by Gasteiger charge is -2.26. The summed E-state index contributed by atoms with van der Waals surface area (Å²) in [6.07, 6.45) is 4.79. The molecule has 5 N–H and O–H groups in total. The summed E-state index contributed by atoms with van der Waals surface area (Å²) in [5.41, 5.74) is 6.97. The molecule has 1 unspecified atom stereocenters. The van der Waals surface area contributed by atoms with Crippen molar-refractivity contribution in [2.75, 3.05) is 16.6 Å². The lowest BCUT2D eigenvalue weighted by Crippen LogP contribution is -2.33. The maximum Gasteiger partial charge on any atom is 0.265 e. The van der Waals surface area contributed by atoms with Crippen LogP contribution >= 0.6 is 11.6 Å². The number of halogens is 3. The molecular formula is C30H30ClF2N5O4S. The number of rotatable bonds is 7. The van der Waals surface area contributed by atoms with Gasteiger partial charge in [0.1, 0.15) is 29.2 Å². The first-order valence-corrected chi connectivity index (χ1v) is 15.9. The predicted molar refractivity (Wildman–Crippen MR) is 161 cm³/mol. The minimum absolute atomic E-state index is 0.0516. The van der Waals surface area contributed by atoms with Crippen LogP contribution < -0.4 is 20.5 Å². The minimum Gasteiger partial charge on any atom is -0.489 e. The highest BCUT2D eigenvalue weighted by molar-refractivity contribution is 7.92. The maximum atomic E-state index is 16.0. The highest BCUT2D eigenvalue weighted by Crippen LogP contribution is 2.41. The number of ether oxygens (including phenoxy) is 1. The van der Waals surface area contributed by atoms with Gasteiger partial charge in [-0.25, -0.2) is 27.2 Å². The Morgan fingerprint density at radius 1 is 1.14 bits per heavy atom. The summed E-state index contributed by atoms with van der Waals surface area (Å²) in [7, 11) is -4.45. The first kappa shape index (κ1) is 29.5. The van der Waals surface area contributed by atoms with Gasteiger partial charge in [0, 0.05) is 34.3 Å². The summed E-state index contributed by atoms with van der Waals surface area (Å²) in [5, 5.41) is 14.1. The number of nitrogens with two attached hydrogens (primary N) is 1. The monoisotopic (exact) mass is 629 g/mol. The second kappa shape index (κ2) is 11.5. The number of fused-ring (bicyclic) bond motifs is 2. The second-order valence-electron chi connectivity index (χ2n) is 10.9. The number of aromatic nitrogens is 2. The summed E-state index contributed by atoms with van der Waals surface area (Å²) in [5.74, 6) is -1.56. The molecule has 1 saturated carbocycles. The molecule has 0 saturated heterocycles. The van der Waals surface area contributed by atoms with Crippen molar-refractivity contribution in [3.63, 3.8) is 0 Å². The van der Waals surface area contributed by atoms with Crippen molar-refractivity contribution < 1.29 is 27.0 Å². The lowest BCUT2D eigenvalue weighted by atomic mass is 9.92. The summed E-state index contributed by atoms with van der Waals surface area (Å²) >= 11 is 6.10. The van der Waals surface area contributed by atoms with Gasteiger partial charge in [-0.05, 0) is 79.6 Å². The molecule has 0 radical (unpaired) electrons. The fourth-order valence-electron chi connectivity index (χ4n) is 5.69. The Balaban J connectivity index is 1.35. The van der Waals surface area contributed by atoms with Crippen LogP contribution in [0, 0.1) is 11.6 Å². The summed E-state index contributed by atoms with van der Waals surface area (Å²) in [6, 6.07) is 8.23. The quantitative estimate of drug-likeness (QED) is 0.204. The number of hydrogen-bond acceptors (Lipinski definition) is 8. The smallest absolute Gasteiger partial charge is 0.265 e. The third kappa shape index (κ3) is 5.72. The highest BCUT2D eigenvalue weighted by Gasteiger charge is 2.32. The van der Waals surface area contributed by atoms with Crippen molar-refractivity contribution in [2.45, 2.75) is 62.1 Å². The normalized spacial score (nSPS) is 20.1. The van der Waals surface area contributed by atoms with Gasteiger partial charge in [0.25, 0.3) is 10.0 Å². The van der Waals surface area contributed by atoms with Gasteiger partial charge in [-0.1, -0.05) is 18.5 Å². The molecule has 6 rings (SSSR count). The minimum atomic E-state index is -4.45. The molecule has 4 aromatic rings. The zero-order valence-corrected chi connectivity index (χ0v) is 24.8. The van der Waals surface area contributed by atoms with E-state index in [1.165, 1.54) is 6.07 Å². The number of aliphatic hydroxyl groups is 1. The molecule has 1 atom stereocenters. The number of aliphatic hydroxyl groups excluding tert-OH is 1. The van der Waals surface area contributed by atoms with E-state index in [4.69, 9.17) is 27.1 Å². The molecule has 0 bridgehead atoms. The number of benzene rings is 3. The number of anilines is 2. The molecule has 226 valence electrons. The van der Waals surface area contributed by atoms with Gasteiger partial charge in [-0.15, -0.1) is 0 Å². The average molecular weight is 630 g/mol. The SMILES string of the molecule is CCc1cc(-c2c(F)ccc(NS(=O)(=O)c3cc(Cl)cc4c3OCC4O)c2F)cc2cnc(NC3CCC(N)CC3)nc12. The number of nitrogens with one attached hydrogen (secondary N) is 2. The summed E-state index contributed by atoms with van der Waals surface area (Å²) in [4.78, 5) is 8.78. The predicted octanol–water partition coefficient (Wildman–Crippen LogP) is 5.70. The Kier molecular flexibility index (Phi) is 7.88. The molecule has 0 spiro atoms. The van der Waals surface area contributed by atoms with Crippen LogP contribution in [0.5, 0.6) is 5.75 Å². The van der Waals surface area contributed by atoms with Crippen LogP contribution in [0.25, 0.3) is 22.0 Å². The van der Waals surface area contributed by atoms with Crippen molar-refractivity contribution in [3.8, 4) is 16.9 Å². The van der Waals surface area contributed by atoms with E-state index in [0.717, 1.165) is 49.4 Å². The van der Waals surface area contributed by atoms with E-state index in [9.17, 15) is 13.5 Å². The van der Waals surface area contributed by atoms with Crippen LogP contribution in [-0.4, -0.2) is 42.2 Å².